The quantitative estimate of drug-likeness (QED) is 0.872. The Bertz CT molecular complexity index is 470. The molecule has 1 aromatic carbocycles. The van der Waals surface area contributed by atoms with Crippen molar-refractivity contribution >= 4 is 5.69 Å². The average Bonchev–Trinajstić information content (AvgIpc) is 3.31. The minimum Gasteiger partial charge on any atom is -0.376 e. The van der Waals surface area contributed by atoms with E-state index in [-0.39, 0.29) is 11.9 Å². The molecule has 21 heavy (non-hydrogen) atoms. The van der Waals surface area contributed by atoms with Crippen molar-refractivity contribution in [1.82, 2.24) is 5.32 Å². The standard InChI is InChI=1S/C17H25FN2O/c1-20(12-14-5-2-3-10-21-14)17-7-4-6-16(18)15(17)11-19-13-8-9-13/h4,6-7,13-14,19H,2-3,5,8-12H2,1H3. The summed E-state index contributed by atoms with van der Waals surface area (Å²) in [5.74, 6) is -0.114. The third-order valence-corrected chi connectivity index (χ3v) is 4.40. The molecule has 0 bridgehead atoms. The normalized spacial score (nSPS) is 22.3. The first-order valence-electron chi connectivity index (χ1n) is 8.07. The number of anilines is 1. The minimum absolute atomic E-state index is 0.114. The van der Waals surface area contributed by atoms with Crippen LogP contribution in [0.15, 0.2) is 18.2 Å². The number of halogens is 1. The summed E-state index contributed by atoms with van der Waals surface area (Å²) in [6, 6.07) is 5.95. The van der Waals surface area contributed by atoms with E-state index >= 15 is 0 Å². The molecule has 0 amide bonds. The first kappa shape index (κ1) is 14.8. The summed E-state index contributed by atoms with van der Waals surface area (Å²) in [4.78, 5) is 2.14. The Balaban J connectivity index is 1.67. The van der Waals surface area contributed by atoms with Crippen LogP contribution in [-0.2, 0) is 11.3 Å². The van der Waals surface area contributed by atoms with E-state index in [2.05, 4.69) is 10.2 Å². The predicted molar refractivity (Wildman–Crippen MR) is 83.1 cm³/mol. The number of nitrogens with zero attached hydrogens (tertiary/aromatic N) is 1. The van der Waals surface area contributed by atoms with Crippen molar-refractivity contribution in [3.63, 3.8) is 0 Å². The second-order valence-corrected chi connectivity index (χ2v) is 6.26. The number of ether oxygens (including phenoxy) is 1. The molecule has 1 unspecified atom stereocenters. The molecule has 1 aromatic rings. The molecule has 1 saturated carbocycles. The van der Waals surface area contributed by atoms with Crippen molar-refractivity contribution in [2.45, 2.75) is 50.8 Å². The lowest BCUT2D eigenvalue weighted by molar-refractivity contribution is 0.0216. The van der Waals surface area contributed by atoms with E-state index in [0.29, 0.717) is 12.6 Å². The van der Waals surface area contributed by atoms with E-state index < -0.39 is 0 Å². The van der Waals surface area contributed by atoms with Gasteiger partial charge in [0.15, 0.2) is 0 Å². The Hall–Kier alpha value is -1.13. The zero-order valence-corrected chi connectivity index (χ0v) is 12.8. The molecule has 1 aliphatic heterocycles. The van der Waals surface area contributed by atoms with Crippen LogP contribution >= 0.6 is 0 Å². The van der Waals surface area contributed by atoms with E-state index in [1.165, 1.54) is 19.3 Å². The molecule has 0 aromatic heterocycles. The number of benzene rings is 1. The van der Waals surface area contributed by atoms with Crippen LogP contribution in [0.1, 0.15) is 37.7 Å². The summed E-state index contributed by atoms with van der Waals surface area (Å²) in [7, 11) is 2.04. The molecule has 1 heterocycles. The summed E-state index contributed by atoms with van der Waals surface area (Å²) in [5, 5.41) is 3.41. The van der Waals surface area contributed by atoms with Crippen LogP contribution in [0.4, 0.5) is 10.1 Å². The van der Waals surface area contributed by atoms with Gasteiger partial charge in [-0.05, 0) is 44.2 Å². The highest BCUT2D eigenvalue weighted by Gasteiger charge is 2.23. The monoisotopic (exact) mass is 292 g/mol. The maximum atomic E-state index is 14.2. The fourth-order valence-corrected chi connectivity index (χ4v) is 2.97. The molecule has 1 N–H and O–H groups in total. The van der Waals surface area contributed by atoms with Gasteiger partial charge in [-0.15, -0.1) is 0 Å². The fourth-order valence-electron chi connectivity index (χ4n) is 2.97. The summed E-state index contributed by atoms with van der Waals surface area (Å²) < 4.78 is 20.0. The third-order valence-electron chi connectivity index (χ3n) is 4.40. The van der Waals surface area contributed by atoms with Crippen molar-refractivity contribution in [2.24, 2.45) is 0 Å². The summed E-state index contributed by atoms with van der Waals surface area (Å²) in [5.41, 5.74) is 1.76. The SMILES string of the molecule is CN(CC1CCCCO1)c1cccc(F)c1CNC1CC1. The molecule has 116 valence electrons. The van der Waals surface area contributed by atoms with Gasteiger partial charge in [0.05, 0.1) is 6.10 Å². The first-order chi connectivity index (χ1) is 10.2. The van der Waals surface area contributed by atoms with Crippen molar-refractivity contribution < 1.29 is 9.13 Å². The van der Waals surface area contributed by atoms with Crippen LogP contribution in [0.25, 0.3) is 0 Å². The zero-order valence-electron chi connectivity index (χ0n) is 12.8. The first-order valence-corrected chi connectivity index (χ1v) is 8.07. The van der Waals surface area contributed by atoms with Gasteiger partial charge in [-0.1, -0.05) is 6.07 Å². The maximum absolute atomic E-state index is 14.2. The van der Waals surface area contributed by atoms with Gasteiger partial charge in [0.25, 0.3) is 0 Å². The van der Waals surface area contributed by atoms with Crippen LogP contribution in [0.2, 0.25) is 0 Å². The van der Waals surface area contributed by atoms with E-state index in [1.807, 2.05) is 13.1 Å². The van der Waals surface area contributed by atoms with Crippen LogP contribution in [0.3, 0.4) is 0 Å². The van der Waals surface area contributed by atoms with Gasteiger partial charge in [-0.2, -0.15) is 0 Å². The average molecular weight is 292 g/mol. The van der Waals surface area contributed by atoms with Crippen LogP contribution < -0.4 is 10.2 Å². The lowest BCUT2D eigenvalue weighted by Crippen LogP contribution is -2.34. The Kier molecular flexibility index (Phi) is 4.76. The molecular formula is C17H25FN2O. The van der Waals surface area contributed by atoms with Crippen molar-refractivity contribution in [2.75, 3.05) is 25.1 Å². The van der Waals surface area contributed by atoms with E-state index in [4.69, 9.17) is 4.74 Å². The number of likely N-dealkylation sites (N-methyl/N-ethyl adjacent to an activating group) is 1. The molecule has 1 saturated heterocycles. The molecule has 1 aliphatic carbocycles. The zero-order chi connectivity index (χ0) is 14.7. The highest BCUT2D eigenvalue weighted by Crippen LogP contribution is 2.26. The van der Waals surface area contributed by atoms with E-state index in [1.54, 1.807) is 12.1 Å². The molecule has 0 spiro atoms. The van der Waals surface area contributed by atoms with E-state index in [0.717, 1.165) is 37.2 Å². The summed E-state index contributed by atoms with van der Waals surface area (Å²) in [6.07, 6.45) is 6.21. The van der Waals surface area contributed by atoms with E-state index in [9.17, 15) is 4.39 Å². The highest BCUT2D eigenvalue weighted by molar-refractivity contribution is 5.53. The number of hydrogen-bond acceptors (Lipinski definition) is 3. The minimum atomic E-state index is -0.114. The largest absolute Gasteiger partial charge is 0.376 e. The predicted octanol–water partition coefficient (Wildman–Crippen LogP) is 3.08. The Morgan fingerprint density at radius 2 is 2.14 bits per heavy atom. The van der Waals surface area contributed by atoms with Crippen LogP contribution in [-0.4, -0.2) is 32.3 Å². The molecule has 0 radical (unpaired) electrons. The van der Waals surface area contributed by atoms with Crippen LogP contribution in [0, 0.1) is 5.82 Å². The highest BCUT2D eigenvalue weighted by atomic mass is 19.1. The number of nitrogens with one attached hydrogen (secondary N) is 1. The summed E-state index contributed by atoms with van der Waals surface area (Å²) >= 11 is 0. The Morgan fingerprint density at radius 1 is 1.29 bits per heavy atom. The molecule has 4 heteroatoms. The molecule has 2 fully saturated rings. The van der Waals surface area contributed by atoms with Gasteiger partial charge in [-0.25, -0.2) is 4.39 Å². The Morgan fingerprint density at radius 3 is 2.86 bits per heavy atom. The van der Waals surface area contributed by atoms with Gasteiger partial charge in [-0.3, -0.25) is 0 Å². The number of rotatable bonds is 6. The van der Waals surface area contributed by atoms with Gasteiger partial charge < -0.3 is 15.0 Å². The van der Waals surface area contributed by atoms with Crippen LogP contribution in [0.5, 0.6) is 0 Å². The van der Waals surface area contributed by atoms with Crippen molar-refractivity contribution in [3.8, 4) is 0 Å². The topological polar surface area (TPSA) is 24.5 Å². The molecule has 3 nitrogen and oxygen atoms in total. The van der Waals surface area contributed by atoms with Crippen molar-refractivity contribution in [3.05, 3.63) is 29.6 Å². The summed E-state index contributed by atoms with van der Waals surface area (Å²) in [6.45, 7) is 2.31. The lowest BCUT2D eigenvalue weighted by atomic mass is 10.1. The number of hydrogen-bond donors (Lipinski definition) is 1. The molecular weight excluding hydrogens is 267 g/mol. The van der Waals surface area contributed by atoms with Gasteiger partial charge in [0.1, 0.15) is 5.82 Å². The lowest BCUT2D eigenvalue weighted by Gasteiger charge is -2.30. The smallest absolute Gasteiger partial charge is 0.129 e. The Labute approximate surface area is 126 Å². The van der Waals surface area contributed by atoms with Crippen molar-refractivity contribution in [1.29, 1.82) is 0 Å². The maximum Gasteiger partial charge on any atom is 0.129 e. The molecule has 2 aliphatic rings. The van der Waals surface area contributed by atoms with Gasteiger partial charge >= 0.3 is 0 Å². The van der Waals surface area contributed by atoms with Gasteiger partial charge in [0, 0.05) is 44.0 Å². The second kappa shape index (κ2) is 6.75. The van der Waals surface area contributed by atoms with Gasteiger partial charge in [0.2, 0.25) is 0 Å². The molecule has 3 rings (SSSR count). The third kappa shape index (κ3) is 3.95. The second-order valence-electron chi connectivity index (χ2n) is 6.26. The fraction of sp³-hybridized carbons (Fsp3) is 0.647. The molecule has 1 atom stereocenters.